The Morgan fingerprint density at radius 3 is 2.70 bits per heavy atom. The number of nitrogens with two attached hydrogens (primary N) is 1. The number of nitrogens with one attached hydrogen (secondary N) is 1. The molecular formula is C14H20N2O3S. The van der Waals surface area contributed by atoms with Crippen LogP contribution in [0.1, 0.15) is 13.3 Å². The number of esters is 1. The molecule has 3 N–H and O–H groups in total. The van der Waals surface area contributed by atoms with Gasteiger partial charge in [-0.3, -0.25) is 9.59 Å². The van der Waals surface area contributed by atoms with Gasteiger partial charge in [-0.2, -0.15) is 11.8 Å². The van der Waals surface area contributed by atoms with Crippen molar-refractivity contribution in [3.8, 4) is 0 Å². The van der Waals surface area contributed by atoms with Gasteiger partial charge in [-0.1, -0.05) is 18.2 Å². The van der Waals surface area contributed by atoms with Gasteiger partial charge in [0.1, 0.15) is 6.04 Å². The molecule has 0 radical (unpaired) electrons. The van der Waals surface area contributed by atoms with E-state index in [1.807, 2.05) is 30.3 Å². The van der Waals surface area contributed by atoms with Gasteiger partial charge in [-0.05, 0) is 19.1 Å². The first-order valence-electron chi connectivity index (χ1n) is 6.48. The van der Waals surface area contributed by atoms with Crippen LogP contribution in [0.4, 0.5) is 5.69 Å². The number of ether oxygens (including phenoxy) is 1. The van der Waals surface area contributed by atoms with Gasteiger partial charge in [-0.15, -0.1) is 0 Å². The molecule has 6 heteroatoms. The summed E-state index contributed by atoms with van der Waals surface area (Å²) in [6.45, 7) is 2.07. The molecule has 0 saturated carbocycles. The summed E-state index contributed by atoms with van der Waals surface area (Å²) in [5.41, 5.74) is 6.43. The summed E-state index contributed by atoms with van der Waals surface area (Å²) in [6.07, 6.45) is 0.384. The summed E-state index contributed by atoms with van der Waals surface area (Å²) in [5.74, 6) is 0.630. The summed E-state index contributed by atoms with van der Waals surface area (Å²) < 4.78 is 4.80. The normalized spacial score (nSPS) is 11.7. The quantitative estimate of drug-likeness (QED) is 0.563. The van der Waals surface area contributed by atoms with Crippen LogP contribution in [-0.2, 0) is 14.3 Å². The van der Waals surface area contributed by atoms with E-state index in [0.29, 0.717) is 24.5 Å². The number of amides is 1. The maximum atomic E-state index is 11.6. The molecular weight excluding hydrogens is 276 g/mol. The molecule has 1 amide bonds. The van der Waals surface area contributed by atoms with E-state index in [-0.39, 0.29) is 5.91 Å². The molecule has 1 atom stereocenters. The smallest absolute Gasteiger partial charge is 0.323 e. The molecule has 1 unspecified atom stereocenters. The predicted octanol–water partition coefficient (Wildman–Crippen LogP) is 1.64. The van der Waals surface area contributed by atoms with Gasteiger partial charge < -0.3 is 15.8 Å². The SMILES string of the molecule is CCOC(=O)C(N)CSCCC(=O)Nc1ccccc1. The van der Waals surface area contributed by atoms with Crippen molar-refractivity contribution in [2.75, 3.05) is 23.4 Å². The fourth-order valence-electron chi connectivity index (χ4n) is 1.44. The van der Waals surface area contributed by atoms with Crippen molar-refractivity contribution in [2.24, 2.45) is 5.73 Å². The average Bonchev–Trinajstić information content (AvgIpc) is 2.44. The van der Waals surface area contributed by atoms with Crippen molar-refractivity contribution in [3.63, 3.8) is 0 Å². The molecule has 5 nitrogen and oxygen atoms in total. The van der Waals surface area contributed by atoms with Crippen LogP contribution in [0.2, 0.25) is 0 Å². The van der Waals surface area contributed by atoms with Crippen LogP contribution < -0.4 is 11.1 Å². The highest BCUT2D eigenvalue weighted by molar-refractivity contribution is 7.99. The zero-order valence-corrected chi connectivity index (χ0v) is 12.3. The lowest BCUT2D eigenvalue weighted by molar-refractivity contribution is -0.144. The van der Waals surface area contributed by atoms with Crippen molar-refractivity contribution in [1.82, 2.24) is 0 Å². The third-order valence-electron chi connectivity index (χ3n) is 2.42. The van der Waals surface area contributed by atoms with Crippen LogP contribution in [0, 0.1) is 0 Å². The molecule has 0 aromatic heterocycles. The van der Waals surface area contributed by atoms with Gasteiger partial charge in [0.2, 0.25) is 5.91 Å². The maximum absolute atomic E-state index is 11.6. The fourth-order valence-corrected chi connectivity index (χ4v) is 2.32. The van der Waals surface area contributed by atoms with Gasteiger partial charge in [0.05, 0.1) is 6.61 Å². The fraction of sp³-hybridized carbons (Fsp3) is 0.429. The minimum atomic E-state index is -0.628. The number of thioether (sulfide) groups is 1. The largest absolute Gasteiger partial charge is 0.465 e. The number of para-hydroxylation sites is 1. The van der Waals surface area contributed by atoms with Crippen molar-refractivity contribution in [3.05, 3.63) is 30.3 Å². The Bertz CT molecular complexity index is 426. The van der Waals surface area contributed by atoms with Crippen LogP contribution in [0.15, 0.2) is 30.3 Å². The molecule has 0 spiro atoms. The van der Waals surface area contributed by atoms with E-state index < -0.39 is 12.0 Å². The van der Waals surface area contributed by atoms with Gasteiger partial charge in [0, 0.05) is 23.6 Å². The third kappa shape index (κ3) is 6.58. The van der Waals surface area contributed by atoms with Crippen molar-refractivity contribution < 1.29 is 14.3 Å². The van der Waals surface area contributed by atoms with Crippen LogP contribution in [0.5, 0.6) is 0 Å². The lowest BCUT2D eigenvalue weighted by atomic mass is 10.3. The van der Waals surface area contributed by atoms with E-state index in [1.165, 1.54) is 11.8 Å². The summed E-state index contributed by atoms with van der Waals surface area (Å²) in [6, 6.07) is 8.66. The van der Waals surface area contributed by atoms with Crippen LogP contribution >= 0.6 is 11.8 Å². The first-order valence-corrected chi connectivity index (χ1v) is 7.63. The van der Waals surface area contributed by atoms with Gasteiger partial charge in [-0.25, -0.2) is 0 Å². The number of carbonyl (C=O) groups is 2. The van der Waals surface area contributed by atoms with Crippen LogP contribution in [-0.4, -0.2) is 36.0 Å². The van der Waals surface area contributed by atoms with E-state index in [0.717, 1.165) is 5.69 Å². The van der Waals surface area contributed by atoms with Crippen molar-refractivity contribution in [2.45, 2.75) is 19.4 Å². The van der Waals surface area contributed by atoms with Crippen LogP contribution in [0.3, 0.4) is 0 Å². The summed E-state index contributed by atoms with van der Waals surface area (Å²) in [5, 5.41) is 2.80. The number of carbonyl (C=O) groups excluding carboxylic acids is 2. The van der Waals surface area contributed by atoms with Gasteiger partial charge in [0.15, 0.2) is 0 Å². The highest BCUT2D eigenvalue weighted by Gasteiger charge is 2.14. The molecule has 20 heavy (non-hydrogen) atoms. The molecule has 0 bridgehead atoms. The topological polar surface area (TPSA) is 81.4 Å². The maximum Gasteiger partial charge on any atom is 0.323 e. The number of benzene rings is 1. The van der Waals surface area contributed by atoms with Crippen LogP contribution in [0.25, 0.3) is 0 Å². The molecule has 1 aromatic carbocycles. The van der Waals surface area contributed by atoms with Gasteiger partial charge >= 0.3 is 5.97 Å². The van der Waals surface area contributed by atoms with E-state index in [9.17, 15) is 9.59 Å². The molecule has 0 saturated heterocycles. The number of hydrogen-bond acceptors (Lipinski definition) is 5. The Labute approximate surface area is 123 Å². The molecule has 0 aliphatic heterocycles. The zero-order chi connectivity index (χ0) is 14.8. The zero-order valence-electron chi connectivity index (χ0n) is 11.5. The second kappa shape index (κ2) is 9.39. The standard InChI is InChI=1S/C14H20N2O3S/c1-2-19-14(18)12(15)10-20-9-8-13(17)16-11-6-4-3-5-7-11/h3-7,12H,2,8-10,15H2,1H3,(H,16,17). The minimum absolute atomic E-state index is 0.0478. The Hall–Kier alpha value is -1.53. The Morgan fingerprint density at radius 2 is 2.05 bits per heavy atom. The Balaban J connectivity index is 2.15. The van der Waals surface area contributed by atoms with E-state index in [4.69, 9.17) is 10.5 Å². The highest BCUT2D eigenvalue weighted by atomic mass is 32.2. The number of rotatable bonds is 8. The molecule has 110 valence electrons. The average molecular weight is 296 g/mol. The van der Waals surface area contributed by atoms with E-state index in [2.05, 4.69) is 5.32 Å². The molecule has 0 fully saturated rings. The molecule has 1 aromatic rings. The molecule has 1 rings (SSSR count). The summed E-state index contributed by atoms with van der Waals surface area (Å²) >= 11 is 1.47. The summed E-state index contributed by atoms with van der Waals surface area (Å²) in [7, 11) is 0. The van der Waals surface area contributed by atoms with Crippen molar-refractivity contribution in [1.29, 1.82) is 0 Å². The lowest BCUT2D eigenvalue weighted by Gasteiger charge is -2.10. The highest BCUT2D eigenvalue weighted by Crippen LogP contribution is 2.08. The predicted molar refractivity (Wildman–Crippen MR) is 81.6 cm³/mol. The van der Waals surface area contributed by atoms with Crippen molar-refractivity contribution >= 4 is 29.3 Å². The third-order valence-corrected chi connectivity index (χ3v) is 3.51. The molecule has 0 heterocycles. The Kier molecular flexibility index (Phi) is 7.75. The second-order valence-corrected chi connectivity index (χ2v) is 5.25. The van der Waals surface area contributed by atoms with E-state index in [1.54, 1.807) is 6.92 Å². The lowest BCUT2D eigenvalue weighted by Crippen LogP contribution is -2.34. The first-order chi connectivity index (χ1) is 9.63. The Morgan fingerprint density at radius 1 is 1.35 bits per heavy atom. The molecule has 0 aliphatic carbocycles. The van der Waals surface area contributed by atoms with Gasteiger partial charge in [0.25, 0.3) is 0 Å². The minimum Gasteiger partial charge on any atom is -0.465 e. The number of hydrogen-bond donors (Lipinski definition) is 2. The second-order valence-electron chi connectivity index (χ2n) is 4.10. The van der Waals surface area contributed by atoms with E-state index >= 15 is 0 Å². The monoisotopic (exact) mass is 296 g/mol. The summed E-state index contributed by atoms with van der Waals surface area (Å²) in [4.78, 5) is 22.9. The first kappa shape index (κ1) is 16.5. The molecule has 0 aliphatic rings. The number of anilines is 1.